The molecule has 2 aliphatic heterocycles. The fourth-order valence-corrected chi connectivity index (χ4v) is 9.57. The Balaban J connectivity index is 2.03. The number of hydrogen-bond donors (Lipinski definition) is 13. The molecule has 0 aliphatic carbocycles. The normalized spacial score (nSPS) is 22.3. The number of aliphatic imine (C=N–C) groups is 1. The van der Waals surface area contributed by atoms with E-state index in [4.69, 9.17) is 28.7 Å². The topological polar surface area (TPSA) is 438 Å². The van der Waals surface area contributed by atoms with Crippen LogP contribution in [0.4, 0.5) is 0 Å². The number of hydrogen-bond acceptors (Lipinski definition) is 15. The van der Waals surface area contributed by atoms with Crippen LogP contribution in [0.1, 0.15) is 77.2 Å². The van der Waals surface area contributed by atoms with Gasteiger partial charge in [0.05, 0.1) is 13.0 Å². The van der Waals surface area contributed by atoms with Crippen LogP contribution >= 0.6 is 21.6 Å². The van der Waals surface area contributed by atoms with E-state index in [9.17, 15) is 57.8 Å². The minimum atomic E-state index is -1.76. The number of nitrogens with one attached hydrogen (secondary N) is 7. The average Bonchev–Trinajstić information content (AvgIpc) is 3.79. The van der Waals surface area contributed by atoms with Crippen LogP contribution in [0, 0.1) is 5.92 Å². The van der Waals surface area contributed by atoms with Gasteiger partial charge in [0.1, 0.15) is 48.0 Å². The number of carbonyl (C=O) groups is 11. The van der Waals surface area contributed by atoms with Gasteiger partial charge in [-0.3, -0.25) is 57.7 Å². The van der Waals surface area contributed by atoms with E-state index in [0.29, 0.717) is 12.0 Å². The Morgan fingerprint density at radius 3 is 2.01 bits per heavy atom. The van der Waals surface area contributed by atoms with Gasteiger partial charge in [-0.25, -0.2) is 0 Å². The molecule has 2 saturated heterocycles. The number of primary amides is 3. The number of carbonyl (C=O) groups excluding carboxylic acids is 11. The number of phenols is 1. The molecule has 3 rings (SSSR count). The maximum atomic E-state index is 14.5. The zero-order chi connectivity index (χ0) is 52.8. The summed E-state index contributed by atoms with van der Waals surface area (Å²) in [7, 11) is 2.20. The number of aromatic hydroxyl groups is 1. The summed E-state index contributed by atoms with van der Waals surface area (Å²) in [5.41, 5.74) is 27.6. The Labute approximate surface area is 417 Å². The smallest absolute Gasteiger partial charge is 0.246 e. The molecular weight excluding hydrogens is 969 g/mol. The summed E-state index contributed by atoms with van der Waals surface area (Å²) in [6.07, 6.45) is -1.22. The summed E-state index contributed by atoms with van der Waals surface area (Å²) in [6.45, 7) is 3.24. The predicted octanol–water partition coefficient (Wildman–Crippen LogP) is -4.54. The van der Waals surface area contributed by atoms with Gasteiger partial charge in [0.15, 0.2) is 5.96 Å². The number of nitrogens with zero attached hydrogens (tertiary/aromatic N) is 2. The number of nitrogens with two attached hydrogens (primary N) is 5. The van der Waals surface area contributed by atoms with Gasteiger partial charge in [0.2, 0.25) is 65.0 Å². The summed E-state index contributed by atoms with van der Waals surface area (Å²) in [5, 5.41) is 27.7. The summed E-state index contributed by atoms with van der Waals surface area (Å²) >= 11 is 0. The third-order valence-electron chi connectivity index (χ3n) is 10.9. The summed E-state index contributed by atoms with van der Waals surface area (Å²) in [4.78, 5) is 152. The Morgan fingerprint density at radius 1 is 0.789 bits per heavy atom. The molecule has 0 saturated carbocycles. The van der Waals surface area contributed by atoms with Gasteiger partial charge in [-0.05, 0) is 62.1 Å². The molecule has 1 aromatic rings. The maximum absolute atomic E-state index is 14.5. The van der Waals surface area contributed by atoms with Gasteiger partial charge in [-0.15, -0.1) is 0 Å². The van der Waals surface area contributed by atoms with E-state index < -0.39 is 133 Å². The molecule has 392 valence electrons. The molecule has 18 N–H and O–H groups in total. The SMILES string of the molecule is CC(C)C[C@H](NC(=O)[C@@H]1CCCN1C(=O)[C@@H]1CSSCCC(=O)N[C@@H](Cc2ccc(O)cc2)C(=O)N[C@@H](CCCN=C(N)N)C(=O)N[C@@H](CCC(N)=O)C(=O)N[C@@H](CC(N)=O)C(=O)N1)C(=O)NCC(N)=O. The lowest BCUT2D eigenvalue weighted by molar-refractivity contribution is -0.142. The van der Waals surface area contributed by atoms with Crippen molar-refractivity contribution in [1.29, 1.82) is 0 Å². The summed E-state index contributed by atoms with van der Waals surface area (Å²) in [5.74, 6) is -9.74. The quantitative estimate of drug-likeness (QED) is 0.0269. The first-order valence-electron chi connectivity index (χ1n) is 22.9. The highest BCUT2D eigenvalue weighted by Gasteiger charge is 2.40. The number of rotatable bonds is 19. The molecule has 11 amide bonds. The van der Waals surface area contributed by atoms with Crippen molar-refractivity contribution in [1.82, 2.24) is 42.1 Å². The fourth-order valence-electron chi connectivity index (χ4n) is 7.43. The maximum Gasteiger partial charge on any atom is 0.246 e. The number of guanidine groups is 1. The van der Waals surface area contributed by atoms with E-state index in [1.807, 2.05) is 13.8 Å². The second kappa shape index (κ2) is 29.4. The van der Waals surface area contributed by atoms with Crippen molar-refractivity contribution in [3.8, 4) is 5.75 Å². The number of phenolic OH excluding ortho intramolecular Hbond substituents is 1. The van der Waals surface area contributed by atoms with Gasteiger partial charge in [-0.1, -0.05) is 47.6 Å². The minimum absolute atomic E-state index is 0.0209. The van der Waals surface area contributed by atoms with Gasteiger partial charge in [0, 0.05) is 43.9 Å². The van der Waals surface area contributed by atoms with Crippen LogP contribution in [0.2, 0.25) is 0 Å². The highest BCUT2D eigenvalue weighted by molar-refractivity contribution is 8.76. The van der Waals surface area contributed by atoms with E-state index in [-0.39, 0.29) is 80.7 Å². The van der Waals surface area contributed by atoms with E-state index in [1.165, 1.54) is 29.2 Å². The molecule has 0 aromatic heterocycles. The van der Waals surface area contributed by atoms with E-state index in [0.717, 1.165) is 21.6 Å². The first-order chi connectivity index (χ1) is 33.5. The highest BCUT2D eigenvalue weighted by Crippen LogP contribution is 2.26. The zero-order valence-electron chi connectivity index (χ0n) is 39.6. The Hall–Kier alpha value is -6.84. The highest BCUT2D eigenvalue weighted by atomic mass is 33.1. The van der Waals surface area contributed by atoms with Crippen molar-refractivity contribution in [3.63, 3.8) is 0 Å². The van der Waals surface area contributed by atoms with Crippen LogP contribution in [-0.4, -0.2) is 154 Å². The molecule has 0 bridgehead atoms. The minimum Gasteiger partial charge on any atom is -0.508 e. The average molecular weight is 1040 g/mol. The second-order valence-electron chi connectivity index (χ2n) is 17.3. The van der Waals surface area contributed by atoms with Crippen molar-refractivity contribution < 1.29 is 57.8 Å². The van der Waals surface area contributed by atoms with Gasteiger partial charge >= 0.3 is 0 Å². The number of likely N-dealkylation sites (tertiary alicyclic amines) is 1. The molecule has 71 heavy (non-hydrogen) atoms. The lowest BCUT2D eigenvalue weighted by atomic mass is 10.0. The number of benzene rings is 1. The van der Waals surface area contributed by atoms with Gasteiger partial charge in [0.25, 0.3) is 0 Å². The zero-order valence-corrected chi connectivity index (χ0v) is 41.2. The standard InChI is InChI=1S/C43H66N14O12S2/c1-22(2)17-27(36(63)50-20-34(46)61)55-41(68)31-6-4-15-57(31)42(69)30-21-71-70-16-13-35(62)51-28(18-23-7-9-24(58)10-8-23)39(66)52-25(5-3-14-49-43(47)48)37(64)53-26(11-12-32(44)59)38(65)54-29(19-33(45)60)40(67)56-30/h7-10,22,25-31,58H,3-6,11-21H2,1-2H3,(H2,44,59)(H2,45,60)(H2,46,61)(H,50,63)(H,51,62)(H,52,66)(H,53,64)(H,54,65)(H,55,68)(H,56,67)(H4,47,48,49)/t25-,26-,27-,28-,29-,30-,31-/m0/s1. The monoisotopic (exact) mass is 1030 g/mol. The first-order valence-corrected chi connectivity index (χ1v) is 25.3. The summed E-state index contributed by atoms with van der Waals surface area (Å²) in [6, 6.07) is -3.87. The van der Waals surface area contributed by atoms with Crippen molar-refractivity contribution in [2.24, 2.45) is 39.6 Å². The van der Waals surface area contributed by atoms with Gasteiger partial charge in [-0.2, -0.15) is 0 Å². The predicted molar refractivity (Wildman–Crippen MR) is 261 cm³/mol. The second-order valence-corrected chi connectivity index (χ2v) is 19.9. The van der Waals surface area contributed by atoms with Crippen molar-refractivity contribution in [2.45, 2.75) is 120 Å². The van der Waals surface area contributed by atoms with Crippen LogP contribution in [0.15, 0.2) is 29.3 Å². The molecule has 2 aliphatic rings. The van der Waals surface area contributed by atoms with Crippen LogP contribution in [0.25, 0.3) is 0 Å². The third-order valence-corrected chi connectivity index (χ3v) is 13.3. The largest absolute Gasteiger partial charge is 0.508 e. The van der Waals surface area contributed by atoms with Crippen LogP contribution < -0.4 is 65.9 Å². The molecule has 0 spiro atoms. The van der Waals surface area contributed by atoms with E-state index in [2.05, 4.69) is 42.2 Å². The molecule has 28 heteroatoms. The Bertz CT molecular complexity index is 2130. The molecule has 1 aromatic carbocycles. The van der Waals surface area contributed by atoms with Crippen molar-refractivity contribution in [2.75, 3.05) is 31.1 Å². The van der Waals surface area contributed by atoms with Crippen LogP contribution in [0.5, 0.6) is 5.75 Å². The molecule has 7 atom stereocenters. The molecule has 0 unspecified atom stereocenters. The number of amides is 11. The Morgan fingerprint density at radius 2 is 1.41 bits per heavy atom. The molecule has 26 nitrogen and oxygen atoms in total. The molecule has 2 fully saturated rings. The van der Waals surface area contributed by atoms with Crippen LogP contribution in [0.3, 0.4) is 0 Å². The van der Waals surface area contributed by atoms with E-state index >= 15 is 0 Å². The lowest BCUT2D eigenvalue weighted by Crippen LogP contribution is -2.61. The van der Waals surface area contributed by atoms with Gasteiger partial charge < -0.3 is 75.9 Å². The third kappa shape index (κ3) is 21.0. The van der Waals surface area contributed by atoms with Crippen molar-refractivity contribution in [3.05, 3.63) is 29.8 Å². The molecule has 2 heterocycles. The first kappa shape index (κ1) is 58.5. The molecule has 0 radical (unpaired) electrons. The van der Waals surface area contributed by atoms with Crippen molar-refractivity contribution >= 4 is 92.5 Å². The fraction of sp³-hybridized carbons (Fsp3) is 0.581. The lowest BCUT2D eigenvalue weighted by Gasteiger charge is -2.31. The van der Waals surface area contributed by atoms with E-state index in [1.54, 1.807) is 0 Å². The molecular formula is C43H66N14O12S2. The summed E-state index contributed by atoms with van der Waals surface area (Å²) < 4.78 is 0. The van der Waals surface area contributed by atoms with Crippen LogP contribution in [-0.2, 0) is 59.2 Å². The Kier molecular flexibility index (Phi) is 24.2.